The molecule has 1 aliphatic heterocycles. The third kappa shape index (κ3) is 2.86. The number of carbonyl (C=O) groups excluding carboxylic acids is 1. The second-order valence-electron chi connectivity index (χ2n) is 5.58. The summed E-state index contributed by atoms with van der Waals surface area (Å²) in [5.41, 5.74) is 0.900. The van der Waals surface area contributed by atoms with Crippen molar-refractivity contribution in [1.82, 2.24) is 10.3 Å². The summed E-state index contributed by atoms with van der Waals surface area (Å²) in [6, 6.07) is 4.94. The summed E-state index contributed by atoms with van der Waals surface area (Å²) in [4.78, 5) is 15.4. The Labute approximate surface area is 126 Å². The van der Waals surface area contributed by atoms with Gasteiger partial charge in [0.1, 0.15) is 0 Å². The first kappa shape index (κ1) is 14.3. The maximum absolute atomic E-state index is 12.3. The third-order valence-electron chi connectivity index (χ3n) is 3.60. The van der Waals surface area contributed by atoms with Gasteiger partial charge in [0.05, 0.1) is 22.6 Å². The largest absolute Gasteiger partial charge is 0.429 e. The molecule has 0 bridgehead atoms. The van der Waals surface area contributed by atoms with Crippen molar-refractivity contribution < 1.29 is 17.6 Å². The minimum Gasteiger partial charge on any atom is -0.429 e. The Bertz CT molecular complexity index is 881. The molecule has 1 fully saturated rings. The molecule has 3 rings (SSSR count). The fourth-order valence-electron chi connectivity index (χ4n) is 2.54. The molecular formula is C13H14N2O4S2. The van der Waals surface area contributed by atoms with E-state index >= 15 is 0 Å². The van der Waals surface area contributed by atoms with Gasteiger partial charge >= 0.3 is 0 Å². The van der Waals surface area contributed by atoms with Gasteiger partial charge in [-0.3, -0.25) is 4.79 Å². The highest BCUT2D eigenvalue weighted by Gasteiger charge is 2.39. The topological polar surface area (TPSA) is 92.2 Å². The van der Waals surface area contributed by atoms with Crippen LogP contribution in [-0.2, 0) is 9.84 Å². The van der Waals surface area contributed by atoms with Gasteiger partial charge < -0.3 is 14.7 Å². The summed E-state index contributed by atoms with van der Waals surface area (Å²) in [5.74, 6) is -0.243. The predicted molar refractivity (Wildman–Crippen MR) is 80.5 cm³/mol. The van der Waals surface area contributed by atoms with Crippen molar-refractivity contribution in [2.24, 2.45) is 0 Å². The van der Waals surface area contributed by atoms with E-state index in [1.807, 2.05) is 0 Å². The Morgan fingerprint density at radius 3 is 2.90 bits per heavy atom. The average molecular weight is 326 g/mol. The molecule has 21 heavy (non-hydrogen) atoms. The van der Waals surface area contributed by atoms with Gasteiger partial charge in [0.2, 0.25) is 0 Å². The van der Waals surface area contributed by atoms with Gasteiger partial charge in [-0.2, -0.15) is 0 Å². The number of sulfone groups is 1. The molecule has 1 aliphatic rings. The molecule has 1 aromatic carbocycles. The second kappa shape index (κ2) is 4.67. The van der Waals surface area contributed by atoms with E-state index in [1.165, 1.54) is 0 Å². The van der Waals surface area contributed by atoms with Gasteiger partial charge in [0.15, 0.2) is 15.4 Å². The first-order chi connectivity index (χ1) is 9.76. The van der Waals surface area contributed by atoms with Gasteiger partial charge in [-0.05, 0) is 43.8 Å². The number of amides is 1. The van der Waals surface area contributed by atoms with Crippen molar-refractivity contribution in [1.29, 1.82) is 0 Å². The van der Waals surface area contributed by atoms with Crippen molar-refractivity contribution in [3.63, 3.8) is 0 Å². The van der Waals surface area contributed by atoms with Crippen LogP contribution in [0.1, 0.15) is 23.7 Å². The molecule has 112 valence electrons. The number of oxazole rings is 1. The average Bonchev–Trinajstić information content (AvgIpc) is 2.87. The maximum atomic E-state index is 12.3. The Balaban J connectivity index is 1.85. The van der Waals surface area contributed by atoms with Crippen molar-refractivity contribution >= 4 is 39.1 Å². The molecule has 0 spiro atoms. The Hall–Kier alpha value is -1.67. The third-order valence-corrected chi connectivity index (χ3v) is 5.69. The molecule has 8 heteroatoms. The van der Waals surface area contributed by atoms with E-state index in [2.05, 4.69) is 10.3 Å². The van der Waals surface area contributed by atoms with Crippen molar-refractivity contribution in [2.45, 2.75) is 18.9 Å². The first-order valence-corrected chi connectivity index (χ1v) is 8.65. The number of hydrogen-bond donors (Lipinski definition) is 2. The Morgan fingerprint density at radius 1 is 1.48 bits per heavy atom. The quantitative estimate of drug-likeness (QED) is 0.821. The summed E-state index contributed by atoms with van der Waals surface area (Å²) in [6.07, 6.45) is 0.425. The number of aromatic amines is 1. The summed E-state index contributed by atoms with van der Waals surface area (Å²) >= 11 is 4.89. The number of fused-ring (bicyclic) bond motifs is 1. The number of carbonyl (C=O) groups is 1. The van der Waals surface area contributed by atoms with E-state index in [9.17, 15) is 13.2 Å². The zero-order valence-corrected chi connectivity index (χ0v) is 12.9. The molecule has 2 aromatic rings. The maximum Gasteiger partial charge on any atom is 0.266 e. The smallest absolute Gasteiger partial charge is 0.266 e. The highest BCUT2D eigenvalue weighted by Crippen LogP contribution is 2.24. The van der Waals surface area contributed by atoms with Gasteiger partial charge in [-0.1, -0.05) is 0 Å². The SMILES string of the molecule is CC1(NC(=O)c2ccc3[nH]c(=S)oc3c2)CCS(=O)(=O)C1. The highest BCUT2D eigenvalue weighted by atomic mass is 32.2. The lowest BCUT2D eigenvalue weighted by atomic mass is 10.0. The Kier molecular flexibility index (Phi) is 3.18. The molecule has 1 atom stereocenters. The molecule has 0 radical (unpaired) electrons. The number of hydrogen-bond acceptors (Lipinski definition) is 5. The number of benzene rings is 1. The normalized spacial score (nSPS) is 24.2. The van der Waals surface area contributed by atoms with E-state index in [0.717, 1.165) is 0 Å². The molecule has 0 saturated carbocycles. The van der Waals surface area contributed by atoms with Gasteiger partial charge in [-0.25, -0.2) is 8.42 Å². The fourth-order valence-corrected chi connectivity index (χ4v) is 4.83. The minimum atomic E-state index is -3.07. The van der Waals surface area contributed by atoms with E-state index in [-0.39, 0.29) is 22.3 Å². The molecule has 1 saturated heterocycles. The van der Waals surface area contributed by atoms with E-state index in [0.29, 0.717) is 23.1 Å². The molecule has 1 unspecified atom stereocenters. The molecule has 1 amide bonds. The zero-order chi connectivity index (χ0) is 15.3. The lowest BCUT2D eigenvalue weighted by Crippen LogP contribution is -2.46. The predicted octanol–water partition coefficient (Wildman–Crippen LogP) is 1.80. The Morgan fingerprint density at radius 2 is 2.24 bits per heavy atom. The van der Waals surface area contributed by atoms with Gasteiger partial charge in [0.25, 0.3) is 10.7 Å². The summed E-state index contributed by atoms with van der Waals surface area (Å²) in [6.45, 7) is 1.75. The van der Waals surface area contributed by atoms with Crippen LogP contribution in [0.4, 0.5) is 0 Å². The van der Waals surface area contributed by atoms with E-state index in [4.69, 9.17) is 16.6 Å². The van der Waals surface area contributed by atoms with Crippen molar-refractivity contribution in [3.05, 3.63) is 28.6 Å². The van der Waals surface area contributed by atoms with Crippen molar-refractivity contribution in [2.75, 3.05) is 11.5 Å². The number of nitrogens with one attached hydrogen (secondary N) is 2. The van der Waals surface area contributed by atoms with Gasteiger partial charge in [-0.15, -0.1) is 0 Å². The molecular weight excluding hydrogens is 312 g/mol. The van der Waals surface area contributed by atoms with Crippen LogP contribution in [0.15, 0.2) is 22.6 Å². The van der Waals surface area contributed by atoms with Crippen LogP contribution in [0, 0.1) is 4.84 Å². The number of rotatable bonds is 2. The van der Waals surface area contributed by atoms with E-state index < -0.39 is 15.4 Å². The van der Waals surface area contributed by atoms with Crippen LogP contribution in [0.3, 0.4) is 0 Å². The van der Waals surface area contributed by atoms with Crippen LogP contribution in [0.2, 0.25) is 0 Å². The van der Waals surface area contributed by atoms with Crippen LogP contribution in [-0.4, -0.2) is 36.4 Å². The summed E-state index contributed by atoms with van der Waals surface area (Å²) in [5, 5.41) is 2.80. The second-order valence-corrected chi connectivity index (χ2v) is 8.14. The van der Waals surface area contributed by atoms with Crippen LogP contribution in [0.5, 0.6) is 0 Å². The molecule has 2 N–H and O–H groups in total. The fraction of sp³-hybridized carbons (Fsp3) is 0.385. The number of aromatic nitrogens is 1. The van der Waals surface area contributed by atoms with Gasteiger partial charge in [0, 0.05) is 5.56 Å². The zero-order valence-electron chi connectivity index (χ0n) is 11.3. The standard InChI is InChI=1S/C13H14N2O4S2/c1-13(4-5-21(17,18)7-13)15-11(16)8-2-3-9-10(6-8)19-12(20)14-9/h2-3,6H,4-5,7H2,1H3,(H,14,20)(H,15,16). The molecule has 0 aliphatic carbocycles. The molecule has 1 aromatic heterocycles. The lowest BCUT2D eigenvalue weighted by Gasteiger charge is -2.23. The minimum absolute atomic E-state index is 0.0289. The van der Waals surface area contributed by atoms with Crippen LogP contribution in [0.25, 0.3) is 11.1 Å². The first-order valence-electron chi connectivity index (χ1n) is 6.42. The molecule has 6 nitrogen and oxygen atoms in total. The van der Waals surface area contributed by atoms with Crippen LogP contribution < -0.4 is 5.32 Å². The highest BCUT2D eigenvalue weighted by molar-refractivity contribution is 7.91. The van der Waals surface area contributed by atoms with Crippen LogP contribution >= 0.6 is 12.2 Å². The van der Waals surface area contributed by atoms with Crippen molar-refractivity contribution in [3.8, 4) is 0 Å². The van der Waals surface area contributed by atoms with E-state index in [1.54, 1.807) is 25.1 Å². The monoisotopic (exact) mass is 326 g/mol. The lowest BCUT2D eigenvalue weighted by molar-refractivity contribution is 0.0915. The number of H-pyrrole nitrogens is 1. The summed E-state index contributed by atoms with van der Waals surface area (Å²) in [7, 11) is -3.07. The molecule has 2 heterocycles. The summed E-state index contributed by atoms with van der Waals surface area (Å²) < 4.78 is 28.4.